The standard InChI is InChI=1S/C13H4ClF6N3/c14-11-5(4-21)1-9(17)12(23-11)22-10-2-6(13(18,19)20)7(15)3-8(10)16/h1-3H,(H,22,23). The topological polar surface area (TPSA) is 48.7 Å². The lowest BCUT2D eigenvalue weighted by atomic mass is 10.1. The molecular weight excluding hydrogens is 348 g/mol. The van der Waals surface area contributed by atoms with Gasteiger partial charge in [-0.3, -0.25) is 0 Å². The SMILES string of the molecule is N#Cc1cc(F)c(Nc2cc(C(F)(F)F)c(F)cc2F)nc1Cl. The lowest BCUT2D eigenvalue weighted by Crippen LogP contribution is -2.10. The Morgan fingerprint density at radius 1 is 1.04 bits per heavy atom. The van der Waals surface area contributed by atoms with E-state index in [1.807, 2.05) is 5.32 Å². The van der Waals surface area contributed by atoms with Crippen molar-refractivity contribution in [1.82, 2.24) is 4.98 Å². The van der Waals surface area contributed by atoms with Crippen LogP contribution in [0, 0.1) is 28.8 Å². The first-order valence-electron chi connectivity index (χ1n) is 5.73. The molecule has 1 aromatic carbocycles. The Labute approximate surface area is 130 Å². The normalized spacial score (nSPS) is 11.2. The Morgan fingerprint density at radius 2 is 1.70 bits per heavy atom. The molecule has 0 bridgehead atoms. The highest BCUT2D eigenvalue weighted by molar-refractivity contribution is 6.30. The minimum absolute atomic E-state index is 0.00825. The van der Waals surface area contributed by atoms with E-state index in [4.69, 9.17) is 16.9 Å². The summed E-state index contributed by atoms with van der Waals surface area (Å²) in [5, 5.41) is 10.2. The summed E-state index contributed by atoms with van der Waals surface area (Å²) in [5.41, 5.74) is -2.90. The highest BCUT2D eigenvalue weighted by Crippen LogP contribution is 2.35. The zero-order chi connectivity index (χ0) is 17.4. The smallest absolute Gasteiger partial charge is 0.335 e. The van der Waals surface area contributed by atoms with Crippen LogP contribution < -0.4 is 5.32 Å². The number of hydrogen-bond donors (Lipinski definition) is 1. The first-order valence-corrected chi connectivity index (χ1v) is 6.10. The number of hydrogen-bond acceptors (Lipinski definition) is 3. The molecule has 0 atom stereocenters. The average Bonchev–Trinajstić information content (AvgIpc) is 2.43. The highest BCUT2D eigenvalue weighted by Gasteiger charge is 2.35. The largest absolute Gasteiger partial charge is 0.419 e. The van der Waals surface area contributed by atoms with Crippen molar-refractivity contribution in [1.29, 1.82) is 5.26 Å². The van der Waals surface area contributed by atoms with Crippen LogP contribution in [-0.4, -0.2) is 4.98 Å². The summed E-state index contributed by atoms with van der Waals surface area (Å²) in [4.78, 5) is 3.41. The Kier molecular flexibility index (Phi) is 4.38. The second-order valence-corrected chi connectivity index (χ2v) is 4.56. The first kappa shape index (κ1) is 16.9. The van der Waals surface area contributed by atoms with Crippen molar-refractivity contribution in [3.05, 3.63) is 51.9 Å². The molecule has 0 fully saturated rings. The van der Waals surface area contributed by atoms with E-state index in [0.29, 0.717) is 6.07 Å². The van der Waals surface area contributed by atoms with Gasteiger partial charge in [-0.25, -0.2) is 18.2 Å². The van der Waals surface area contributed by atoms with Crippen LogP contribution in [-0.2, 0) is 6.18 Å². The number of benzene rings is 1. The van der Waals surface area contributed by atoms with Gasteiger partial charge in [-0.2, -0.15) is 18.4 Å². The van der Waals surface area contributed by atoms with E-state index in [0.717, 1.165) is 0 Å². The molecule has 0 aliphatic carbocycles. The highest BCUT2D eigenvalue weighted by atomic mass is 35.5. The molecule has 2 aromatic rings. The third-order valence-corrected chi connectivity index (χ3v) is 2.95. The minimum atomic E-state index is -5.07. The molecule has 2 rings (SSSR count). The number of nitrogens with zero attached hydrogens (tertiary/aromatic N) is 2. The predicted molar refractivity (Wildman–Crippen MR) is 68.6 cm³/mol. The lowest BCUT2D eigenvalue weighted by Gasteiger charge is -2.13. The van der Waals surface area contributed by atoms with Crippen LogP contribution in [0.2, 0.25) is 5.15 Å². The number of aromatic nitrogens is 1. The van der Waals surface area contributed by atoms with Gasteiger partial charge in [-0.15, -0.1) is 0 Å². The maximum absolute atomic E-state index is 13.7. The second-order valence-electron chi connectivity index (χ2n) is 4.20. The number of halogens is 7. The van der Waals surface area contributed by atoms with Gasteiger partial charge in [0.2, 0.25) is 0 Å². The average molecular weight is 352 g/mol. The van der Waals surface area contributed by atoms with Gasteiger partial charge in [-0.1, -0.05) is 11.6 Å². The quantitative estimate of drug-likeness (QED) is 0.625. The summed E-state index contributed by atoms with van der Waals surface area (Å²) < 4.78 is 78.3. The number of pyridine rings is 1. The van der Waals surface area contributed by atoms with E-state index in [1.54, 1.807) is 6.07 Å². The van der Waals surface area contributed by atoms with E-state index in [-0.39, 0.29) is 17.7 Å². The van der Waals surface area contributed by atoms with Crippen LogP contribution in [0.3, 0.4) is 0 Å². The van der Waals surface area contributed by atoms with Crippen LogP contribution >= 0.6 is 11.6 Å². The molecule has 1 aromatic heterocycles. The van der Waals surface area contributed by atoms with E-state index in [1.165, 1.54) is 0 Å². The molecule has 0 spiro atoms. The van der Waals surface area contributed by atoms with E-state index >= 15 is 0 Å². The van der Waals surface area contributed by atoms with Gasteiger partial charge in [0, 0.05) is 6.07 Å². The molecule has 120 valence electrons. The molecule has 0 amide bonds. The van der Waals surface area contributed by atoms with Crippen molar-refractivity contribution >= 4 is 23.1 Å². The van der Waals surface area contributed by atoms with Crippen molar-refractivity contribution in [3.63, 3.8) is 0 Å². The second kappa shape index (κ2) is 5.96. The molecule has 0 aliphatic rings. The molecule has 0 saturated heterocycles. The van der Waals surface area contributed by atoms with Crippen molar-refractivity contribution in [2.45, 2.75) is 6.18 Å². The van der Waals surface area contributed by atoms with Crippen molar-refractivity contribution in [2.24, 2.45) is 0 Å². The van der Waals surface area contributed by atoms with Crippen LogP contribution in [0.4, 0.5) is 37.8 Å². The molecular formula is C13H4ClF6N3. The fourth-order valence-electron chi connectivity index (χ4n) is 1.62. The maximum atomic E-state index is 13.7. The number of nitrogens with one attached hydrogen (secondary N) is 1. The summed E-state index contributed by atoms with van der Waals surface area (Å²) >= 11 is 5.56. The fraction of sp³-hybridized carbons (Fsp3) is 0.0769. The van der Waals surface area contributed by atoms with Crippen LogP contribution in [0.1, 0.15) is 11.1 Å². The summed E-state index contributed by atoms with van der Waals surface area (Å²) in [6.07, 6.45) is -5.07. The molecule has 0 radical (unpaired) electrons. The van der Waals surface area contributed by atoms with Crippen molar-refractivity contribution in [3.8, 4) is 6.07 Å². The molecule has 3 nitrogen and oxygen atoms in total. The van der Waals surface area contributed by atoms with Crippen LogP contribution in [0.15, 0.2) is 18.2 Å². The van der Waals surface area contributed by atoms with Gasteiger partial charge in [0.1, 0.15) is 22.9 Å². The molecule has 23 heavy (non-hydrogen) atoms. The van der Waals surface area contributed by atoms with Crippen LogP contribution in [0.25, 0.3) is 0 Å². The van der Waals surface area contributed by atoms with Gasteiger partial charge in [0.25, 0.3) is 0 Å². The third kappa shape index (κ3) is 3.48. The molecule has 0 aliphatic heterocycles. The molecule has 10 heteroatoms. The lowest BCUT2D eigenvalue weighted by molar-refractivity contribution is -0.140. The number of nitriles is 1. The monoisotopic (exact) mass is 351 g/mol. The fourth-order valence-corrected chi connectivity index (χ4v) is 1.80. The summed E-state index contributed by atoms with van der Waals surface area (Å²) in [5.74, 6) is -5.07. The van der Waals surface area contributed by atoms with E-state index < -0.39 is 45.8 Å². The number of anilines is 2. The van der Waals surface area contributed by atoms with Crippen LogP contribution in [0.5, 0.6) is 0 Å². The maximum Gasteiger partial charge on any atom is 0.419 e. The Balaban J connectivity index is 2.49. The Bertz CT molecular complexity index is 813. The number of alkyl halides is 3. The van der Waals surface area contributed by atoms with E-state index in [2.05, 4.69) is 4.98 Å². The van der Waals surface area contributed by atoms with Gasteiger partial charge < -0.3 is 5.32 Å². The van der Waals surface area contributed by atoms with Crippen molar-refractivity contribution in [2.75, 3.05) is 5.32 Å². The summed E-state index contributed by atoms with van der Waals surface area (Å²) in [7, 11) is 0. The molecule has 1 N–H and O–H groups in total. The Hall–Kier alpha value is -2.47. The zero-order valence-corrected chi connectivity index (χ0v) is 11.5. The minimum Gasteiger partial charge on any atom is -0.335 e. The summed E-state index contributed by atoms with van der Waals surface area (Å²) in [6.45, 7) is 0. The Morgan fingerprint density at radius 3 is 2.26 bits per heavy atom. The van der Waals surface area contributed by atoms with Gasteiger partial charge in [0.15, 0.2) is 11.6 Å². The third-order valence-electron chi connectivity index (χ3n) is 2.67. The number of rotatable bonds is 2. The molecule has 0 unspecified atom stereocenters. The predicted octanol–water partition coefficient (Wildman–Crippen LogP) is 4.79. The van der Waals surface area contributed by atoms with Gasteiger partial charge >= 0.3 is 6.18 Å². The van der Waals surface area contributed by atoms with Gasteiger partial charge in [0.05, 0.1) is 16.8 Å². The first-order chi connectivity index (χ1) is 10.6. The van der Waals surface area contributed by atoms with Crippen molar-refractivity contribution < 1.29 is 26.3 Å². The molecule has 0 saturated carbocycles. The van der Waals surface area contributed by atoms with Gasteiger partial charge in [-0.05, 0) is 12.1 Å². The van der Waals surface area contributed by atoms with E-state index in [9.17, 15) is 26.3 Å². The molecule has 1 heterocycles. The summed E-state index contributed by atoms with van der Waals surface area (Å²) in [6, 6.07) is 2.36. The zero-order valence-electron chi connectivity index (χ0n) is 10.8.